The van der Waals surface area contributed by atoms with Crippen LogP contribution in [0, 0.1) is 0 Å². The number of hydrogen-bond donors (Lipinski definition) is 2. The molecule has 0 aliphatic heterocycles. The molecule has 0 aromatic heterocycles. The van der Waals surface area contributed by atoms with Crippen LogP contribution in [0.3, 0.4) is 0 Å². The minimum atomic E-state index is -0.109. The lowest BCUT2D eigenvalue weighted by atomic mass is 10.4. The summed E-state index contributed by atoms with van der Waals surface area (Å²) >= 11 is 0. The Bertz CT molecular complexity index is 66.0. The Kier molecular flexibility index (Phi) is 3.41. The van der Waals surface area contributed by atoms with Crippen LogP contribution in [0.15, 0.2) is 0 Å². The van der Waals surface area contributed by atoms with Gasteiger partial charge in [0.15, 0.2) is 0 Å². The fourth-order valence-corrected chi connectivity index (χ4v) is 0.169. The second-order valence-corrected chi connectivity index (χ2v) is 1.05. The van der Waals surface area contributed by atoms with Crippen LogP contribution < -0.4 is 10.8 Å². The van der Waals surface area contributed by atoms with Gasteiger partial charge in [0.05, 0.1) is 0 Å². The van der Waals surface area contributed by atoms with Crippen molar-refractivity contribution in [2.75, 3.05) is 0 Å². The molecule has 0 aromatic rings. The molecule has 0 rings (SSSR count). The number of hydrazine groups is 1. The van der Waals surface area contributed by atoms with Gasteiger partial charge < -0.3 is 5.43 Å². The molecule has 0 aliphatic carbocycles. The number of hydrogen-bond acceptors (Lipinski definition) is 2. The molecule has 0 atom stereocenters. The monoisotopic (exact) mass is 98.1 g/mol. The summed E-state index contributed by atoms with van der Waals surface area (Å²) in [5.41, 5.74) is 2.18. The molecular weight excluding hydrogens is 90.9 g/mol. The SMILES string of the molecule is [B]NNC(=O)CC. The smallest absolute Gasteiger partial charge is 0.232 e. The van der Waals surface area contributed by atoms with E-state index in [-0.39, 0.29) is 5.91 Å². The van der Waals surface area contributed by atoms with Gasteiger partial charge in [0, 0.05) is 6.42 Å². The zero-order valence-electron chi connectivity index (χ0n) is 4.19. The maximum absolute atomic E-state index is 10.2. The first-order chi connectivity index (χ1) is 3.31. The predicted octanol–water partition coefficient (Wildman–Crippen LogP) is -0.899. The van der Waals surface area contributed by atoms with Crippen LogP contribution >= 0.6 is 0 Å². The zero-order chi connectivity index (χ0) is 5.70. The highest BCUT2D eigenvalue weighted by Gasteiger charge is 1.87. The van der Waals surface area contributed by atoms with Crippen molar-refractivity contribution in [1.29, 1.82) is 0 Å². The number of carbonyl (C=O) groups is 1. The van der Waals surface area contributed by atoms with Crippen molar-refractivity contribution < 1.29 is 4.79 Å². The summed E-state index contributed by atoms with van der Waals surface area (Å²) < 4.78 is 0. The van der Waals surface area contributed by atoms with Crippen LogP contribution in [-0.2, 0) is 4.79 Å². The first kappa shape index (κ1) is 6.49. The van der Waals surface area contributed by atoms with E-state index >= 15 is 0 Å². The van der Waals surface area contributed by atoms with E-state index in [1.807, 2.05) is 5.34 Å². The van der Waals surface area contributed by atoms with Gasteiger partial charge in [0.1, 0.15) is 0 Å². The van der Waals surface area contributed by atoms with Gasteiger partial charge in [0.25, 0.3) is 0 Å². The molecular formula is C3H7BN2O. The van der Waals surface area contributed by atoms with E-state index in [0.717, 1.165) is 0 Å². The fraction of sp³-hybridized carbons (Fsp3) is 0.667. The standard InChI is InChI=1S/C3H7BN2O/c1-2-3(7)5-6-4/h6H,2H2,1H3,(H,5,7). The molecule has 0 heterocycles. The Morgan fingerprint density at radius 3 is 2.57 bits per heavy atom. The van der Waals surface area contributed by atoms with Gasteiger partial charge in [0.2, 0.25) is 13.9 Å². The molecule has 0 aliphatic rings. The summed E-state index contributed by atoms with van der Waals surface area (Å²) in [6.45, 7) is 1.74. The van der Waals surface area contributed by atoms with Crippen molar-refractivity contribution in [3.63, 3.8) is 0 Å². The van der Waals surface area contributed by atoms with Gasteiger partial charge in [-0.05, 0) is 0 Å². The summed E-state index contributed by atoms with van der Waals surface area (Å²) in [6.07, 6.45) is 0.449. The van der Waals surface area contributed by atoms with Crippen molar-refractivity contribution in [3.8, 4) is 0 Å². The molecule has 0 saturated carbocycles. The van der Waals surface area contributed by atoms with Crippen LogP contribution in [0.5, 0.6) is 0 Å². The van der Waals surface area contributed by atoms with Crippen LogP contribution in [0.1, 0.15) is 13.3 Å². The van der Waals surface area contributed by atoms with Crippen molar-refractivity contribution in [3.05, 3.63) is 0 Å². The molecule has 0 saturated heterocycles. The van der Waals surface area contributed by atoms with E-state index in [1.54, 1.807) is 6.92 Å². The van der Waals surface area contributed by atoms with Crippen molar-refractivity contribution in [2.45, 2.75) is 13.3 Å². The summed E-state index contributed by atoms with van der Waals surface area (Å²) in [4.78, 5) is 10.2. The van der Waals surface area contributed by atoms with Crippen LogP contribution in [-0.4, -0.2) is 13.9 Å². The molecule has 3 nitrogen and oxygen atoms in total. The van der Waals surface area contributed by atoms with E-state index in [2.05, 4.69) is 5.43 Å². The van der Waals surface area contributed by atoms with E-state index < -0.39 is 0 Å². The molecule has 0 unspecified atom stereocenters. The quantitative estimate of drug-likeness (QED) is 0.347. The lowest BCUT2D eigenvalue weighted by Gasteiger charge is -1.96. The third kappa shape index (κ3) is 3.32. The van der Waals surface area contributed by atoms with Crippen LogP contribution in [0.2, 0.25) is 0 Å². The summed E-state index contributed by atoms with van der Waals surface area (Å²) in [5, 5.41) is 2.02. The van der Waals surface area contributed by atoms with Crippen LogP contribution in [0.4, 0.5) is 0 Å². The van der Waals surface area contributed by atoms with Gasteiger partial charge in [-0.25, -0.2) is 0 Å². The van der Waals surface area contributed by atoms with Gasteiger partial charge in [-0.15, -0.1) is 0 Å². The first-order valence-electron chi connectivity index (χ1n) is 2.05. The minimum Gasteiger partial charge on any atom is -0.304 e. The van der Waals surface area contributed by atoms with Gasteiger partial charge in [-0.1, -0.05) is 6.92 Å². The second kappa shape index (κ2) is 3.68. The van der Waals surface area contributed by atoms with Gasteiger partial charge >= 0.3 is 0 Å². The third-order valence-electron chi connectivity index (χ3n) is 0.533. The molecule has 0 aromatic carbocycles. The van der Waals surface area contributed by atoms with E-state index in [0.29, 0.717) is 6.42 Å². The van der Waals surface area contributed by atoms with E-state index in [9.17, 15) is 4.79 Å². The number of rotatable bonds is 2. The Morgan fingerprint density at radius 2 is 2.43 bits per heavy atom. The average Bonchev–Trinajstić information content (AvgIpc) is 1.68. The highest BCUT2D eigenvalue weighted by molar-refractivity contribution is 6.05. The Morgan fingerprint density at radius 1 is 1.86 bits per heavy atom. The molecule has 0 spiro atoms. The molecule has 1 amide bonds. The maximum Gasteiger partial charge on any atom is 0.232 e. The fourth-order valence-electron chi connectivity index (χ4n) is 0.169. The normalized spacial score (nSPS) is 8.14. The first-order valence-corrected chi connectivity index (χ1v) is 2.05. The Hall–Kier alpha value is -0.505. The highest BCUT2D eigenvalue weighted by Crippen LogP contribution is 1.68. The summed E-state index contributed by atoms with van der Waals surface area (Å²) in [6, 6.07) is 0. The highest BCUT2D eigenvalue weighted by atomic mass is 16.2. The minimum absolute atomic E-state index is 0.109. The van der Waals surface area contributed by atoms with Crippen molar-refractivity contribution in [2.24, 2.45) is 0 Å². The lowest BCUT2D eigenvalue weighted by molar-refractivity contribution is -0.121. The van der Waals surface area contributed by atoms with Gasteiger partial charge in [-0.3, -0.25) is 10.1 Å². The van der Waals surface area contributed by atoms with Crippen molar-refractivity contribution in [1.82, 2.24) is 10.8 Å². The largest absolute Gasteiger partial charge is 0.304 e. The zero-order valence-corrected chi connectivity index (χ0v) is 4.19. The number of amides is 1. The topological polar surface area (TPSA) is 41.1 Å². The molecule has 7 heavy (non-hydrogen) atoms. The summed E-state index contributed by atoms with van der Waals surface area (Å²) in [7, 11) is 4.72. The summed E-state index contributed by atoms with van der Waals surface area (Å²) in [5.74, 6) is -0.109. The molecule has 4 heteroatoms. The number of nitrogens with one attached hydrogen (secondary N) is 2. The predicted molar refractivity (Wildman–Crippen MR) is 27.3 cm³/mol. The van der Waals surface area contributed by atoms with Crippen molar-refractivity contribution >= 4 is 13.9 Å². The molecule has 2 N–H and O–H groups in total. The second-order valence-electron chi connectivity index (χ2n) is 1.05. The van der Waals surface area contributed by atoms with Gasteiger partial charge in [-0.2, -0.15) is 0 Å². The molecule has 38 valence electrons. The number of carbonyl (C=O) groups excluding carboxylic acids is 1. The molecule has 0 bridgehead atoms. The van der Waals surface area contributed by atoms with E-state index in [1.165, 1.54) is 0 Å². The maximum atomic E-state index is 10.2. The average molecular weight is 97.9 g/mol. The molecule has 2 radical (unpaired) electrons. The lowest BCUT2D eigenvalue weighted by Crippen LogP contribution is -2.34. The Labute approximate surface area is 43.9 Å². The molecule has 0 fully saturated rings. The van der Waals surface area contributed by atoms with E-state index in [4.69, 9.17) is 7.98 Å². The Balaban J connectivity index is 3.00. The van der Waals surface area contributed by atoms with Crippen LogP contribution in [0.25, 0.3) is 0 Å². The third-order valence-corrected chi connectivity index (χ3v) is 0.533.